The Morgan fingerprint density at radius 3 is 2.00 bits per heavy atom. The maximum Gasteiger partial charge on any atom is 0.358 e. The van der Waals surface area contributed by atoms with Crippen molar-refractivity contribution in [2.24, 2.45) is 5.92 Å². The van der Waals surface area contributed by atoms with E-state index in [4.69, 9.17) is 0 Å². The van der Waals surface area contributed by atoms with Crippen LogP contribution in [0, 0.1) is 5.92 Å². The first-order valence-corrected chi connectivity index (χ1v) is 2.93. The molecule has 0 aromatic rings. The Labute approximate surface area is 59.0 Å². The van der Waals surface area contributed by atoms with Gasteiger partial charge in [0.15, 0.2) is 0 Å². The number of hydrogen-bond acceptors (Lipinski definition) is 4. The Morgan fingerprint density at radius 2 is 1.70 bits per heavy atom. The number of carbonyl (C=O) groups is 2. The van der Waals surface area contributed by atoms with Gasteiger partial charge in [-0.05, 0) is 0 Å². The minimum absolute atomic E-state index is 0.278. The lowest BCUT2D eigenvalue weighted by Crippen LogP contribution is -2.13. The van der Waals surface area contributed by atoms with E-state index in [1.807, 2.05) is 0 Å². The van der Waals surface area contributed by atoms with Gasteiger partial charge in [-0.3, -0.25) is 0 Å². The van der Waals surface area contributed by atoms with Crippen LogP contribution >= 0.6 is 0 Å². The van der Waals surface area contributed by atoms with E-state index in [0.29, 0.717) is 0 Å². The average molecular weight is 146 g/mol. The van der Waals surface area contributed by atoms with Crippen molar-refractivity contribution < 1.29 is 19.4 Å². The third kappa shape index (κ3) is 3.88. The van der Waals surface area contributed by atoms with Crippen molar-refractivity contribution in [3.63, 3.8) is 0 Å². The lowest BCUT2D eigenvalue weighted by Gasteiger charge is -2.01. The van der Waals surface area contributed by atoms with Crippen LogP contribution in [0.15, 0.2) is 0 Å². The van der Waals surface area contributed by atoms with Gasteiger partial charge in [0.1, 0.15) is 0 Å². The third-order valence-corrected chi connectivity index (χ3v) is 0.713. The highest BCUT2D eigenvalue weighted by Crippen LogP contribution is 1.95. The number of rotatable bonds is 1. The molecule has 10 heavy (non-hydrogen) atoms. The van der Waals surface area contributed by atoms with E-state index in [1.54, 1.807) is 13.8 Å². The van der Waals surface area contributed by atoms with Crippen molar-refractivity contribution in [1.29, 1.82) is 0 Å². The molecule has 0 N–H and O–H groups in total. The van der Waals surface area contributed by atoms with Crippen LogP contribution in [-0.2, 0) is 19.4 Å². The molecule has 0 amide bonds. The maximum absolute atomic E-state index is 10.5. The van der Waals surface area contributed by atoms with Crippen molar-refractivity contribution in [2.45, 2.75) is 20.8 Å². The van der Waals surface area contributed by atoms with Crippen LogP contribution in [-0.4, -0.2) is 11.9 Å². The Hall–Kier alpha value is -1.06. The normalized spacial score (nSPS) is 9.20. The fourth-order valence-corrected chi connectivity index (χ4v) is 0.196. The van der Waals surface area contributed by atoms with Gasteiger partial charge in [-0.15, -0.1) is 0 Å². The molecule has 0 aliphatic rings. The number of carbonyl (C=O) groups excluding carboxylic acids is 2. The lowest BCUT2D eigenvalue weighted by molar-refractivity contribution is -0.259. The molecule has 0 saturated heterocycles. The van der Waals surface area contributed by atoms with Gasteiger partial charge >= 0.3 is 11.9 Å². The van der Waals surface area contributed by atoms with Crippen molar-refractivity contribution in [3.05, 3.63) is 0 Å². The molecule has 0 bridgehead atoms. The second-order valence-corrected chi connectivity index (χ2v) is 2.13. The fraction of sp³-hybridized carbons (Fsp3) is 0.667. The summed E-state index contributed by atoms with van der Waals surface area (Å²) in [6, 6.07) is 0. The van der Waals surface area contributed by atoms with Gasteiger partial charge in [0.25, 0.3) is 0 Å². The lowest BCUT2D eigenvalue weighted by atomic mass is 10.2. The van der Waals surface area contributed by atoms with Gasteiger partial charge in [0, 0.05) is 6.92 Å². The van der Waals surface area contributed by atoms with E-state index >= 15 is 0 Å². The summed E-state index contributed by atoms with van der Waals surface area (Å²) >= 11 is 0. The van der Waals surface area contributed by atoms with Crippen LogP contribution in [0.4, 0.5) is 0 Å². The summed E-state index contributed by atoms with van der Waals surface area (Å²) in [5.41, 5.74) is 0. The molecule has 4 nitrogen and oxygen atoms in total. The molecule has 0 aliphatic heterocycles. The van der Waals surface area contributed by atoms with Gasteiger partial charge in [-0.1, -0.05) is 13.8 Å². The van der Waals surface area contributed by atoms with E-state index in [2.05, 4.69) is 9.78 Å². The molecule has 0 atom stereocenters. The Morgan fingerprint density at radius 1 is 1.20 bits per heavy atom. The summed E-state index contributed by atoms with van der Waals surface area (Å²) in [7, 11) is 0. The zero-order valence-corrected chi connectivity index (χ0v) is 6.21. The van der Waals surface area contributed by atoms with E-state index in [9.17, 15) is 9.59 Å². The van der Waals surface area contributed by atoms with Gasteiger partial charge in [0.05, 0.1) is 5.92 Å². The van der Waals surface area contributed by atoms with Crippen LogP contribution < -0.4 is 0 Å². The first kappa shape index (κ1) is 8.94. The summed E-state index contributed by atoms with van der Waals surface area (Å²) in [4.78, 5) is 28.7. The first-order chi connectivity index (χ1) is 4.54. The van der Waals surface area contributed by atoms with Gasteiger partial charge in [-0.2, -0.15) is 0 Å². The summed E-state index contributed by atoms with van der Waals surface area (Å²) in [5.74, 6) is -1.46. The summed E-state index contributed by atoms with van der Waals surface area (Å²) in [6.07, 6.45) is 0. The molecular formula is C6H10O4. The van der Waals surface area contributed by atoms with E-state index in [1.165, 1.54) is 0 Å². The van der Waals surface area contributed by atoms with Crippen molar-refractivity contribution in [3.8, 4) is 0 Å². The maximum atomic E-state index is 10.5. The Bertz CT molecular complexity index is 139. The largest absolute Gasteiger partial charge is 0.358 e. The second-order valence-electron chi connectivity index (χ2n) is 2.13. The Kier molecular flexibility index (Phi) is 3.46. The molecule has 0 saturated carbocycles. The van der Waals surface area contributed by atoms with E-state index in [0.717, 1.165) is 6.92 Å². The minimum atomic E-state index is -0.631. The third-order valence-electron chi connectivity index (χ3n) is 0.713. The van der Waals surface area contributed by atoms with Crippen LogP contribution in [0.25, 0.3) is 0 Å². The number of hydrogen-bond donors (Lipinski definition) is 0. The van der Waals surface area contributed by atoms with E-state index < -0.39 is 11.9 Å². The molecule has 0 radical (unpaired) electrons. The van der Waals surface area contributed by atoms with Crippen molar-refractivity contribution in [1.82, 2.24) is 0 Å². The summed E-state index contributed by atoms with van der Waals surface area (Å²) in [6.45, 7) is 4.45. The van der Waals surface area contributed by atoms with E-state index in [-0.39, 0.29) is 5.92 Å². The monoisotopic (exact) mass is 146 g/mol. The van der Waals surface area contributed by atoms with Crippen LogP contribution in [0.5, 0.6) is 0 Å². The van der Waals surface area contributed by atoms with Gasteiger partial charge in [-0.25, -0.2) is 19.4 Å². The average Bonchev–Trinajstić information content (AvgIpc) is 1.82. The molecule has 0 aromatic heterocycles. The molecule has 58 valence electrons. The highest BCUT2D eigenvalue weighted by Gasteiger charge is 2.10. The molecular weight excluding hydrogens is 136 g/mol. The SMILES string of the molecule is CC(=O)OOC(=O)C(C)C. The molecule has 0 heterocycles. The standard InChI is InChI=1S/C6H10O4/c1-4(2)6(8)10-9-5(3)7/h4H,1-3H3. The zero-order valence-electron chi connectivity index (χ0n) is 6.21. The predicted octanol–water partition coefficient (Wildman–Crippen LogP) is 0.664. The molecule has 4 heteroatoms. The molecule has 0 aromatic carbocycles. The highest BCUT2D eigenvalue weighted by atomic mass is 17.2. The molecule has 0 fully saturated rings. The topological polar surface area (TPSA) is 52.6 Å². The molecule has 0 rings (SSSR count). The van der Waals surface area contributed by atoms with Crippen LogP contribution in [0.3, 0.4) is 0 Å². The molecule has 0 aliphatic carbocycles. The summed E-state index contributed by atoms with van der Waals surface area (Å²) < 4.78 is 0. The van der Waals surface area contributed by atoms with Crippen LogP contribution in [0.1, 0.15) is 20.8 Å². The van der Waals surface area contributed by atoms with Gasteiger partial charge < -0.3 is 0 Å². The predicted molar refractivity (Wildman–Crippen MR) is 32.7 cm³/mol. The quantitative estimate of drug-likeness (QED) is 0.403. The van der Waals surface area contributed by atoms with Crippen LogP contribution in [0.2, 0.25) is 0 Å². The first-order valence-electron chi connectivity index (χ1n) is 2.93. The van der Waals surface area contributed by atoms with Gasteiger partial charge in [0.2, 0.25) is 0 Å². The molecule has 0 unspecified atom stereocenters. The second kappa shape index (κ2) is 3.87. The molecule has 0 spiro atoms. The van der Waals surface area contributed by atoms with Crippen molar-refractivity contribution in [2.75, 3.05) is 0 Å². The Balaban J connectivity index is 3.50. The van der Waals surface area contributed by atoms with Crippen molar-refractivity contribution >= 4 is 11.9 Å². The zero-order chi connectivity index (χ0) is 8.15. The highest BCUT2D eigenvalue weighted by molar-refractivity contribution is 5.72. The fourth-order valence-electron chi connectivity index (χ4n) is 0.196. The smallest absolute Gasteiger partial charge is 0.248 e. The minimum Gasteiger partial charge on any atom is -0.248 e. The summed E-state index contributed by atoms with van der Waals surface area (Å²) in [5, 5.41) is 0.